The molecule has 1 N–H and O–H groups in total. The van der Waals surface area contributed by atoms with Crippen LogP contribution in [0.25, 0.3) is 6.08 Å². The molecule has 1 fully saturated rings. The van der Waals surface area contributed by atoms with E-state index < -0.39 is 0 Å². The van der Waals surface area contributed by atoms with Gasteiger partial charge in [-0.3, -0.25) is 4.79 Å². The molecule has 2 heteroatoms. The van der Waals surface area contributed by atoms with E-state index in [0.29, 0.717) is 6.04 Å². The van der Waals surface area contributed by atoms with Crippen LogP contribution in [0, 0.1) is 6.92 Å². The zero-order chi connectivity index (χ0) is 14.2. The highest BCUT2D eigenvalue weighted by Gasteiger charge is 2.12. The molecule has 20 heavy (non-hydrogen) atoms. The van der Waals surface area contributed by atoms with Gasteiger partial charge >= 0.3 is 0 Å². The van der Waals surface area contributed by atoms with Crippen molar-refractivity contribution in [2.45, 2.75) is 57.9 Å². The van der Waals surface area contributed by atoms with Crippen molar-refractivity contribution in [1.29, 1.82) is 0 Å². The van der Waals surface area contributed by atoms with Gasteiger partial charge in [-0.05, 0) is 31.4 Å². The average molecular weight is 271 g/mol. The first-order chi connectivity index (χ1) is 9.74. The van der Waals surface area contributed by atoms with Gasteiger partial charge in [-0.2, -0.15) is 0 Å². The van der Waals surface area contributed by atoms with E-state index in [2.05, 4.69) is 24.4 Å². The molecule has 1 aliphatic carbocycles. The quantitative estimate of drug-likeness (QED) is 0.819. The van der Waals surface area contributed by atoms with Crippen molar-refractivity contribution in [1.82, 2.24) is 5.32 Å². The normalized spacial score (nSPS) is 17.6. The van der Waals surface area contributed by atoms with Gasteiger partial charge in [0.1, 0.15) is 0 Å². The number of hydrogen-bond donors (Lipinski definition) is 1. The summed E-state index contributed by atoms with van der Waals surface area (Å²) in [6.45, 7) is 2.06. The second-order valence-electron chi connectivity index (χ2n) is 5.79. The van der Waals surface area contributed by atoms with E-state index in [-0.39, 0.29) is 5.91 Å². The van der Waals surface area contributed by atoms with Gasteiger partial charge < -0.3 is 5.32 Å². The molecule has 1 aliphatic rings. The van der Waals surface area contributed by atoms with Crippen LogP contribution >= 0.6 is 0 Å². The Bertz CT molecular complexity index is 439. The summed E-state index contributed by atoms with van der Waals surface area (Å²) in [4.78, 5) is 12.0. The zero-order valence-corrected chi connectivity index (χ0v) is 12.4. The SMILES string of the molecule is Cc1ccc(/C=C\C(=O)NC2CCCCCCC2)cc1. The summed E-state index contributed by atoms with van der Waals surface area (Å²) in [6.07, 6.45) is 12.3. The smallest absolute Gasteiger partial charge is 0.244 e. The number of nitrogens with one attached hydrogen (secondary N) is 1. The first kappa shape index (κ1) is 14.8. The fourth-order valence-electron chi connectivity index (χ4n) is 2.70. The summed E-state index contributed by atoms with van der Waals surface area (Å²) >= 11 is 0. The maximum absolute atomic E-state index is 12.0. The molecular formula is C18H25NO. The molecule has 1 saturated carbocycles. The van der Waals surface area contributed by atoms with Crippen LogP contribution in [0.2, 0.25) is 0 Å². The molecule has 0 spiro atoms. The summed E-state index contributed by atoms with van der Waals surface area (Å²) in [7, 11) is 0. The molecule has 0 bridgehead atoms. The first-order valence-electron chi connectivity index (χ1n) is 7.79. The van der Waals surface area contributed by atoms with E-state index in [9.17, 15) is 4.79 Å². The number of amides is 1. The summed E-state index contributed by atoms with van der Waals surface area (Å²) in [5, 5.41) is 3.14. The van der Waals surface area contributed by atoms with E-state index in [1.807, 2.05) is 18.2 Å². The Kier molecular flexibility index (Phi) is 5.85. The largest absolute Gasteiger partial charge is 0.350 e. The van der Waals surface area contributed by atoms with Crippen LogP contribution in [0.15, 0.2) is 30.3 Å². The monoisotopic (exact) mass is 271 g/mol. The minimum atomic E-state index is 0.0381. The molecule has 2 rings (SSSR count). The van der Waals surface area contributed by atoms with Crippen LogP contribution in [-0.4, -0.2) is 11.9 Å². The van der Waals surface area contributed by atoms with Crippen molar-refractivity contribution in [3.63, 3.8) is 0 Å². The van der Waals surface area contributed by atoms with E-state index in [0.717, 1.165) is 18.4 Å². The average Bonchev–Trinajstić information content (AvgIpc) is 2.41. The van der Waals surface area contributed by atoms with Crippen molar-refractivity contribution in [3.8, 4) is 0 Å². The molecule has 0 atom stereocenters. The third kappa shape index (κ3) is 5.20. The first-order valence-corrected chi connectivity index (χ1v) is 7.79. The third-order valence-corrected chi connectivity index (χ3v) is 3.96. The van der Waals surface area contributed by atoms with E-state index in [4.69, 9.17) is 0 Å². The van der Waals surface area contributed by atoms with Gasteiger partial charge in [-0.15, -0.1) is 0 Å². The fraction of sp³-hybridized carbons (Fsp3) is 0.500. The Hall–Kier alpha value is -1.57. The van der Waals surface area contributed by atoms with Crippen molar-refractivity contribution in [2.24, 2.45) is 0 Å². The second kappa shape index (κ2) is 7.88. The molecule has 1 aromatic carbocycles. The Balaban J connectivity index is 1.83. The number of hydrogen-bond acceptors (Lipinski definition) is 1. The highest BCUT2D eigenvalue weighted by Crippen LogP contribution is 2.17. The molecule has 0 aliphatic heterocycles. The number of aryl methyl sites for hydroxylation is 1. The molecule has 0 aromatic heterocycles. The van der Waals surface area contributed by atoms with Crippen LogP contribution in [0.1, 0.15) is 56.1 Å². The van der Waals surface area contributed by atoms with Crippen LogP contribution < -0.4 is 5.32 Å². The van der Waals surface area contributed by atoms with Gasteiger partial charge in [0.25, 0.3) is 0 Å². The Morgan fingerprint density at radius 2 is 1.65 bits per heavy atom. The van der Waals surface area contributed by atoms with Crippen molar-refractivity contribution >= 4 is 12.0 Å². The maximum atomic E-state index is 12.0. The fourth-order valence-corrected chi connectivity index (χ4v) is 2.70. The van der Waals surface area contributed by atoms with Crippen LogP contribution in [0.3, 0.4) is 0 Å². The van der Waals surface area contributed by atoms with Gasteiger partial charge in [0.2, 0.25) is 5.91 Å². The number of carbonyl (C=O) groups is 1. The lowest BCUT2D eigenvalue weighted by Crippen LogP contribution is -2.34. The van der Waals surface area contributed by atoms with E-state index >= 15 is 0 Å². The highest BCUT2D eigenvalue weighted by molar-refractivity contribution is 5.91. The van der Waals surface area contributed by atoms with Crippen molar-refractivity contribution in [2.75, 3.05) is 0 Å². The molecule has 108 valence electrons. The summed E-state index contributed by atoms with van der Waals surface area (Å²) in [5.41, 5.74) is 2.31. The van der Waals surface area contributed by atoms with Gasteiger partial charge in [-0.25, -0.2) is 0 Å². The van der Waals surface area contributed by atoms with E-state index in [1.165, 1.54) is 37.7 Å². The molecule has 0 radical (unpaired) electrons. The minimum Gasteiger partial charge on any atom is -0.350 e. The maximum Gasteiger partial charge on any atom is 0.244 e. The zero-order valence-electron chi connectivity index (χ0n) is 12.4. The lowest BCUT2D eigenvalue weighted by molar-refractivity contribution is -0.117. The number of benzene rings is 1. The molecular weight excluding hydrogens is 246 g/mol. The predicted octanol–water partition coefficient (Wildman–Crippen LogP) is 4.24. The summed E-state index contributed by atoms with van der Waals surface area (Å²) < 4.78 is 0. The topological polar surface area (TPSA) is 29.1 Å². The Morgan fingerprint density at radius 3 is 2.30 bits per heavy atom. The van der Waals surface area contributed by atoms with Crippen molar-refractivity contribution < 1.29 is 4.79 Å². The van der Waals surface area contributed by atoms with Crippen LogP contribution in [0.4, 0.5) is 0 Å². The van der Waals surface area contributed by atoms with Gasteiger partial charge in [-0.1, -0.05) is 61.9 Å². The Labute approximate surface area is 122 Å². The molecule has 1 amide bonds. The highest BCUT2D eigenvalue weighted by atomic mass is 16.1. The minimum absolute atomic E-state index is 0.0381. The Morgan fingerprint density at radius 1 is 1.05 bits per heavy atom. The molecule has 0 saturated heterocycles. The molecule has 0 heterocycles. The standard InChI is InChI=1S/C18H25NO/c1-15-9-11-16(12-10-15)13-14-18(20)19-17-7-5-3-2-4-6-8-17/h9-14,17H,2-8H2,1H3,(H,19,20)/b14-13-. The van der Waals surface area contributed by atoms with Crippen LogP contribution in [-0.2, 0) is 4.79 Å². The molecule has 0 unspecified atom stereocenters. The summed E-state index contributed by atoms with van der Waals surface area (Å²) in [5.74, 6) is 0.0381. The third-order valence-electron chi connectivity index (χ3n) is 3.96. The molecule has 2 nitrogen and oxygen atoms in total. The van der Waals surface area contributed by atoms with Gasteiger partial charge in [0.15, 0.2) is 0 Å². The molecule has 1 aromatic rings. The number of carbonyl (C=O) groups excluding carboxylic acids is 1. The van der Waals surface area contributed by atoms with E-state index in [1.54, 1.807) is 6.08 Å². The van der Waals surface area contributed by atoms with Gasteiger partial charge in [0, 0.05) is 12.1 Å². The van der Waals surface area contributed by atoms with Crippen LogP contribution in [0.5, 0.6) is 0 Å². The number of rotatable bonds is 3. The van der Waals surface area contributed by atoms with Gasteiger partial charge in [0.05, 0.1) is 0 Å². The van der Waals surface area contributed by atoms with Crippen molar-refractivity contribution in [3.05, 3.63) is 41.5 Å². The second-order valence-corrected chi connectivity index (χ2v) is 5.79. The predicted molar refractivity (Wildman–Crippen MR) is 84.5 cm³/mol. The lowest BCUT2D eigenvalue weighted by atomic mass is 9.97. The lowest BCUT2D eigenvalue weighted by Gasteiger charge is -2.20. The summed E-state index contributed by atoms with van der Waals surface area (Å²) in [6, 6.07) is 8.56.